The van der Waals surface area contributed by atoms with Crippen LogP contribution in [0.5, 0.6) is 11.9 Å². The lowest BCUT2D eigenvalue weighted by Gasteiger charge is -2.20. The van der Waals surface area contributed by atoms with Crippen molar-refractivity contribution >= 4 is 5.69 Å². The zero-order valence-electron chi connectivity index (χ0n) is 14.4. The average Bonchev–Trinajstić information content (AvgIpc) is 3.09. The number of nitrogens with one attached hydrogen (secondary N) is 1. The van der Waals surface area contributed by atoms with E-state index in [0.717, 1.165) is 29.7 Å². The molecule has 0 amide bonds. The van der Waals surface area contributed by atoms with Gasteiger partial charge in [0.15, 0.2) is 11.9 Å². The molecule has 0 saturated carbocycles. The molecule has 130 valence electrons. The Balaban J connectivity index is 1.63. The quantitative estimate of drug-likeness (QED) is 0.765. The highest BCUT2D eigenvalue weighted by Gasteiger charge is 2.26. The molecule has 2 aromatic carbocycles. The molecule has 1 atom stereocenters. The lowest BCUT2D eigenvalue weighted by atomic mass is 10.1. The molecule has 1 unspecified atom stereocenters. The maximum absolute atomic E-state index is 6.22. The van der Waals surface area contributed by atoms with Gasteiger partial charge in [-0.1, -0.05) is 35.4 Å². The van der Waals surface area contributed by atoms with Gasteiger partial charge in [-0.2, -0.15) is 4.98 Å². The van der Waals surface area contributed by atoms with Crippen LogP contribution < -0.4 is 14.8 Å². The molecule has 2 heterocycles. The van der Waals surface area contributed by atoms with Crippen molar-refractivity contribution < 1.29 is 9.47 Å². The van der Waals surface area contributed by atoms with E-state index < -0.39 is 0 Å². The van der Waals surface area contributed by atoms with Crippen molar-refractivity contribution in [2.45, 2.75) is 25.5 Å². The van der Waals surface area contributed by atoms with E-state index in [9.17, 15) is 0 Å². The molecular formula is C20H18N4O2. The van der Waals surface area contributed by atoms with Gasteiger partial charge < -0.3 is 14.8 Å². The minimum atomic E-state index is -0.357. The Morgan fingerprint density at radius 1 is 1.08 bits per heavy atom. The standard InChI is InChI=1S/C20H18N4O2/c1-25-20-22-19-17(23-24-20)15-7-2-3-8-16(15)21-18(26-19)14-10-9-12-5-4-6-13(12)11-14/h2-3,7-11,18,21H,4-6H2,1H3. The Kier molecular flexibility index (Phi) is 3.48. The third kappa shape index (κ3) is 2.45. The van der Waals surface area contributed by atoms with Crippen LogP contribution in [-0.4, -0.2) is 22.3 Å². The van der Waals surface area contributed by atoms with Gasteiger partial charge >= 0.3 is 6.01 Å². The summed E-state index contributed by atoms with van der Waals surface area (Å²) in [6.45, 7) is 0. The Hall–Kier alpha value is -3.15. The van der Waals surface area contributed by atoms with Gasteiger partial charge in [0.25, 0.3) is 0 Å². The van der Waals surface area contributed by atoms with Crippen molar-refractivity contribution in [2.75, 3.05) is 12.4 Å². The van der Waals surface area contributed by atoms with Crippen molar-refractivity contribution in [1.29, 1.82) is 0 Å². The first-order valence-electron chi connectivity index (χ1n) is 8.75. The monoisotopic (exact) mass is 346 g/mol. The molecule has 6 nitrogen and oxygen atoms in total. The summed E-state index contributed by atoms with van der Waals surface area (Å²) >= 11 is 0. The van der Waals surface area contributed by atoms with E-state index in [2.05, 4.69) is 38.7 Å². The molecule has 1 aromatic heterocycles. The fourth-order valence-electron chi connectivity index (χ4n) is 3.64. The number of para-hydroxylation sites is 1. The number of benzene rings is 2. The van der Waals surface area contributed by atoms with Gasteiger partial charge in [-0.25, -0.2) is 0 Å². The van der Waals surface area contributed by atoms with E-state index in [1.54, 1.807) is 0 Å². The Morgan fingerprint density at radius 2 is 1.96 bits per heavy atom. The van der Waals surface area contributed by atoms with E-state index in [-0.39, 0.29) is 12.2 Å². The molecule has 0 fully saturated rings. The van der Waals surface area contributed by atoms with Crippen LogP contribution >= 0.6 is 0 Å². The van der Waals surface area contributed by atoms with Crippen molar-refractivity contribution in [3.05, 3.63) is 59.2 Å². The van der Waals surface area contributed by atoms with E-state index in [4.69, 9.17) is 9.47 Å². The van der Waals surface area contributed by atoms with Gasteiger partial charge in [-0.15, -0.1) is 5.10 Å². The van der Waals surface area contributed by atoms with Gasteiger partial charge in [0.1, 0.15) is 0 Å². The van der Waals surface area contributed by atoms with Crippen molar-refractivity contribution in [3.63, 3.8) is 0 Å². The number of fused-ring (bicyclic) bond motifs is 4. The normalized spacial score (nSPS) is 17.2. The fourth-order valence-corrected chi connectivity index (χ4v) is 3.64. The molecule has 0 radical (unpaired) electrons. The second kappa shape index (κ2) is 5.98. The van der Waals surface area contributed by atoms with Gasteiger partial charge in [0.05, 0.1) is 7.11 Å². The number of aryl methyl sites for hydroxylation is 2. The first-order chi connectivity index (χ1) is 12.8. The summed E-state index contributed by atoms with van der Waals surface area (Å²) in [5, 5.41) is 11.8. The zero-order chi connectivity index (χ0) is 17.5. The fraction of sp³-hybridized carbons (Fsp3) is 0.250. The first kappa shape index (κ1) is 15.1. The largest absolute Gasteiger partial charge is 0.466 e. The average molecular weight is 346 g/mol. The number of aromatic nitrogens is 3. The number of hydrogen-bond donors (Lipinski definition) is 1. The third-order valence-electron chi connectivity index (χ3n) is 4.94. The molecule has 0 bridgehead atoms. The van der Waals surface area contributed by atoms with E-state index in [1.165, 1.54) is 24.7 Å². The summed E-state index contributed by atoms with van der Waals surface area (Å²) in [4.78, 5) is 4.38. The topological polar surface area (TPSA) is 69.2 Å². The number of ether oxygens (including phenoxy) is 2. The Labute approximate surface area is 151 Å². The highest BCUT2D eigenvalue weighted by Crippen LogP contribution is 2.39. The summed E-state index contributed by atoms with van der Waals surface area (Å²) in [6.07, 6.45) is 3.15. The predicted molar refractivity (Wildman–Crippen MR) is 97.3 cm³/mol. The second-order valence-electron chi connectivity index (χ2n) is 6.52. The molecule has 1 N–H and O–H groups in total. The molecule has 6 heteroatoms. The van der Waals surface area contributed by atoms with E-state index >= 15 is 0 Å². The molecule has 3 aromatic rings. The number of nitrogens with zero attached hydrogens (tertiary/aromatic N) is 3. The minimum Gasteiger partial charge on any atom is -0.466 e. The lowest BCUT2D eigenvalue weighted by Crippen LogP contribution is -2.17. The van der Waals surface area contributed by atoms with Crippen LogP contribution in [0.25, 0.3) is 11.3 Å². The third-order valence-corrected chi connectivity index (χ3v) is 4.94. The van der Waals surface area contributed by atoms with Crippen molar-refractivity contribution in [1.82, 2.24) is 15.2 Å². The highest BCUT2D eigenvalue weighted by molar-refractivity contribution is 5.79. The molecule has 0 saturated heterocycles. The summed E-state index contributed by atoms with van der Waals surface area (Å²) in [7, 11) is 1.52. The minimum absolute atomic E-state index is 0.191. The van der Waals surface area contributed by atoms with E-state index in [0.29, 0.717) is 11.6 Å². The summed E-state index contributed by atoms with van der Waals surface area (Å²) in [6, 6.07) is 14.7. The summed E-state index contributed by atoms with van der Waals surface area (Å²) in [5.74, 6) is 0.416. The van der Waals surface area contributed by atoms with Crippen LogP contribution in [0.2, 0.25) is 0 Å². The predicted octanol–water partition coefficient (Wildman–Crippen LogP) is 3.54. The van der Waals surface area contributed by atoms with Crippen molar-refractivity contribution in [3.8, 4) is 23.1 Å². The molecule has 2 aliphatic rings. The molecule has 0 spiro atoms. The molecule has 5 rings (SSSR count). The van der Waals surface area contributed by atoms with E-state index in [1.807, 2.05) is 24.3 Å². The van der Waals surface area contributed by atoms with Crippen LogP contribution in [0.4, 0.5) is 5.69 Å². The molecule has 26 heavy (non-hydrogen) atoms. The van der Waals surface area contributed by atoms with Crippen LogP contribution in [-0.2, 0) is 12.8 Å². The lowest BCUT2D eigenvalue weighted by molar-refractivity contribution is 0.222. The van der Waals surface area contributed by atoms with Gasteiger partial charge in [0.2, 0.25) is 5.88 Å². The zero-order valence-corrected chi connectivity index (χ0v) is 14.4. The SMILES string of the molecule is COc1nnc2c(n1)OC(c1ccc3c(c1)CCC3)Nc1ccccc1-2. The Morgan fingerprint density at radius 3 is 2.88 bits per heavy atom. The van der Waals surface area contributed by atoms with Gasteiger partial charge in [-0.3, -0.25) is 0 Å². The number of hydrogen-bond acceptors (Lipinski definition) is 6. The van der Waals surface area contributed by atoms with Crippen LogP contribution in [0.3, 0.4) is 0 Å². The smallest absolute Gasteiger partial charge is 0.338 e. The van der Waals surface area contributed by atoms with Gasteiger partial charge in [0, 0.05) is 16.8 Å². The first-order valence-corrected chi connectivity index (χ1v) is 8.75. The van der Waals surface area contributed by atoms with Crippen LogP contribution in [0.1, 0.15) is 29.3 Å². The van der Waals surface area contributed by atoms with Crippen LogP contribution in [0, 0.1) is 0 Å². The maximum Gasteiger partial charge on any atom is 0.338 e. The number of rotatable bonds is 2. The number of anilines is 1. The Bertz CT molecular complexity index is 989. The van der Waals surface area contributed by atoms with Crippen LogP contribution in [0.15, 0.2) is 42.5 Å². The van der Waals surface area contributed by atoms with Crippen molar-refractivity contribution in [2.24, 2.45) is 0 Å². The molecule has 1 aliphatic carbocycles. The molecule has 1 aliphatic heterocycles. The summed E-state index contributed by atoms with van der Waals surface area (Å²) in [5.41, 5.74) is 6.38. The summed E-state index contributed by atoms with van der Waals surface area (Å²) < 4.78 is 11.3. The maximum atomic E-state index is 6.22. The number of methoxy groups -OCH3 is 1. The van der Waals surface area contributed by atoms with Gasteiger partial charge in [-0.05, 0) is 42.5 Å². The highest BCUT2D eigenvalue weighted by atomic mass is 16.5. The molecular weight excluding hydrogens is 328 g/mol. The second-order valence-corrected chi connectivity index (χ2v) is 6.52.